The number of benzene rings is 3. The highest BCUT2D eigenvalue weighted by atomic mass is 16.3. The fourth-order valence-electron chi connectivity index (χ4n) is 5.42. The van der Waals surface area contributed by atoms with Crippen LogP contribution in [-0.2, 0) is 0 Å². The van der Waals surface area contributed by atoms with Crippen molar-refractivity contribution in [3.63, 3.8) is 0 Å². The third kappa shape index (κ3) is 3.28. The molecule has 0 amide bonds. The van der Waals surface area contributed by atoms with Crippen LogP contribution in [0.2, 0.25) is 0 Å². The number of nitrogens with zero attached hydrogens (tertiary/aromatic N) is 4. The van der Waals surface area contributed by atoms with Crippen LogP contribution in [0.5, 0.6) is 0 Å². The van der Waals surface area contributed by atoms with E-state index in [4.69, 9.17) is 14.4 Å². The Hall–Kier alpha value is -4.77. The summed E-state index contributed by atoms with van der Waals surface area (Å²) in [6.45, 7) is 6.04. The van der Waals surface area contributed by atoms with Gasteiger partial charge in [-0.25, -0.2) is 4.98 Å². The third-order valence-electron chi connectivity index (χ3n) is 7.02. The molecule has 178 valence electrons. The zero-order valence-electron chi connectivity index (χ0n) is 20.9. The van der Waals surface area contributed by atoms with E-state index in [0.717, 1.165) is 78.3 Å². The first kappa shape index (κ1) is 21.5. The van der Waals surface area contributed by atoms with Crippen molar-refractivity contribution in [3.05, 3.63) is 108 Å². The van der Waals surface area contributed by atoms with Crippen LogP contribution < -0.4 is 0 Å². The molecule has 0 radical (unpaired) electrons. The Kier molecular flexibility index (Phi) is 4.73. The molecule has 5 heteroatoms. The molecule has 0 bridgehead atoms. The van der Waals surface area contributed by atoms with E-state index in [1.54, 1.807) is 0 Å². The third-order valence-corrected chi connectivity index (χ3v) is 7.02. The van der Waals surface area contributed by atoms with Crippen LogP contribution in [-0.4, -0.2) is 19.5 Å². The van der Waals surface area contributed by atoms with Gasteiger partial charge in [-0.15, -0.1) is 0 Å². The van der Waals surface area contributed by atoms with Crippen molar-refractivity contribution in [2.75, 3.05) is 0 Å². The Morgan fingerprint density at radius 3 is 2.38 bits per heavy atom. The maximum Gasteiger partial charge on any atom is 0.149 e. The predicted molar refractivity (Wildman–Crippen MR) is 149 cm³/mol. The standard InChI is InChI=1S/C32H24N4O/c1-19-18-28-29(20(2)34-19)24-13-9-14-25(31(24)37-28)32-35-30-21(3)33-17-16-27(30)36(32)26-15-8-7-12-23(26)22-10-5-4-6-11-22/h4-18H,1-3H3. The van der Waals surface area contributed by atoms with Gasteiger partial charge in [0.1, 0.15) is 22.5 Å². The molecule has 0 unspecified atom stereocenters. The number of rotatable bonds is 3. The topological polar surface area (TPSA) is 56.7 Å². The highest BCUT2D eigenvalue weighted by Gasteiger charge is 2.22. The van der Waals surface area contributed by atoms with Crippen LogP contribution in [0.25, 0.3) is 61.2 Å². The highest BCUT2D eigenvalue weighted by molar-refractivity contribution is 6.10. The number of hydrogen-bond donors (Lipinski definition) is 0. The molecule has 0 saturated heterocycles. The summed E-state index contributed by atoms with van der Waals surface area (Å²) < 4.78 is 8.76. The number of para-hydroxylation sites is 2. The largest absolute Gasteiger partial charge is 0.455 e. The monoisotopic (exact) mass is 480 g/mol. The summed E-state index contributed by atoms with van der Waals surface area (Å²) in [4.78, 5) is 14.4. The average Bonchev–Trinajstić information content (AvgIpc) is 3.48. The molecule has 3 aromatic carbocycles. The van der Waals surface area contributed by atoms with Gasteiger partial charge in [-0.2, -0.15) is 0 Å². The fraction of sp³-hybridized carbons (Fsp3) is 0.0938. The second-order valence-corrected chi connectivity index (χ2v) is 9.42. The van der Waals surface area contributed by atoms with E-state index in [1.807, 2.05) is 45.2 Å². The molecule has 0 atom stereocenters. The van der Waals surface area contributed by atoms with Gasteiger partial charge in [0.15, 0.2) is 0 Å². The van der Waals surface area contributed by atoms with Gasteiger partial charge >= 0.3 is 0 Å². The molecule has 37 heavy (non-hydrogen) atoms. The molecule has 5 nitrogen and oxygen atoms in total. The SMILES string of the molecule is Cc1cc2oc3c(-c4nc5c(C)nccc5n4-c4ccccc4-c4ccccc4)cccc3c2c(C)n1. The smallest absolute Gasteiger partial charge is 0.149 e. The van der Waals surface area contributed by atoms with Crippen molar-refractivity contribution < 1.29 is 4.42 Å². The zero-order valence-corrected chi connectivity index (χ0v) is 20.9. The van der Waals surface area contributed by atoms with Crippen molar-refractivity contribution in [2.45, 2.75) is 20.8 Å². The predicted octanol–water partition coefficient (Wildman–Crippen LogP) is 7.97. The van der Waals surface area contributed by atoms with Crippen LogP contribution in [0.3, 0.4) is 0 Å². The number of pyridine rings is 2. The summed E-state index contributed by atoms with van der Waals surface area (Å²) >= 11 is 0. The van der Waals surface area contributed by atoms with Crippen molar-refractivity contribution >= 4 is 33.0 Å². The Morgan fingerprint density at radius 2 is 1.51 bits per heavy atom. The first-order chi connectivity index (χ1) is 18.1. The number of fused-ring (bicyclic) bond motifs is 4. The molecule has 0 aliphatic carbocycles. The number of aryl methyl sites for hydroxylation is 3. The molecular weight excluding hydrogens is 456 g/mol. The van der Waals surface area contributed by atoms with E-state index in [2.05, 4.69) is 76.3 Å². The minimum atomic E-state index is 0.812. The van der Waals surface area contributed by atoms with E-state index < -0.39 is 0 Å². The average molecular weight is 481 g/mol. The summed E-state index contributed by atoms with van der Waals surface area (Å²) in [5.74, 6) is 0.821. The van der Waals surface area contributed by atoms with Gasteiger partial charge in [0.05, 0.1) is 22.5 Å². The van der Waals surface area contributed by atoms with Gasteiger partial charge in [-0.05, 0) is 44.5 Å². The van der Waals surface area contributed by atoms with Gasteiger partial charge in [0.2, 0.25) is 0 Å². The lowest BCUT2D eigenvalue weighted by Gasteiger charge is -2.15. The van der Waals surface area contributed by atoms with Crippen molar-refractivity contribution in [3.8, 4) is 28.2 Å². The first-order valence-corrected chi connectivity index (χ1v) is 12.4. The quantitative estimate of drug-likeness (QED) is 0.257. The highest BCUT2D eigenvalue weighted by Crippen LogP contribution is 2.40. The van der Waals surface area contributed by atoms with Gasteiger partial charge < -0.3 is 4.42 Å². The fourth-order valence-corrected chi connectivity index (χ4v) is 5.42. The van der Waals surface area contributed by atoms with Gasteiger partial charge in [0.25, 0.3) is 0 Å². The van der Waals surface area contributed by atoms with Crippen molar-refractivity contribution in [1.82, 2.24) is 19.5 Å². The molecule has 4 aromatic heterocycles. The Morgan fingerprint density at radius 1 is 0.730 bits per heavy atom. The van der Waals surface area contributed by atoms with Crippen molar-refractivity contribution in [1.29, 1.82) is 0 Å². The Labute approximate surface area is 214 Å². The van der Waals surface area contributed by atoms with Crippen LogP contribution in [0.1, 0.15) is 17.1 Å². The van der Waals surface area contributed by atoms with Crippen LogP contribution in [0.4, 0.5) is 0 Å². The maximum atomic E-state index is 6.52. The molecule has 0 aliphatic heterocycles. The molecule has 0 fully saturated rings. The van der Waals surface area contributed by atoms with Gasteiger partial charge in [-0.3, -0.25) is 14.5 Å². The number of imidazole rings is 1. The lowest BCUT2D eigenvalue weighted by Crippen LogP contribution is -2.00. The van der Waals surface area contributed by atoms with E-state index in [0.29, 0.717) is 0 Å². The summed E-state index contributed by atoms with van der Waals surface area (Å²) in [6, 6.07) is 29.2. The van der Waals surface area contributed by atoms with E-state index in [-0.39, 0.29) is 0 Å². The molecule has 4 heterocycles. The van der Waals surface area contributed by atoms with Crippen LogP contribution in [0.15, 0.2) is 95.5 Å². The minimum Gasteiger partial charge on any atom is -0.455 e. The number of hydrogen-bond acceptors (Lipinski definition) is 4. The minimum absolute atomic E-state index is 0.812. The van der Waals surface area contributed by atoms with Gasteiger partial charge in [0, 0.05) is 40.0 Å². The van der Waals surface area contributed by atoms with Crippen LogP contribution >= 0.6 is 0 Å². The molecule has 0 spiro atoms. The second-order valence-electron chi connectivity index (χ2n) is 9.42. The van der Waals surface area contributed by atoms with Crippen molar-refractivity contribution in [2.24, 2.45) is 0 Å². The first-order valence-electron chi connectivity index (χ1n) is 12.4. The normalized spacial score (nSPS) is 11.6. The zero-order chi connectivity index (χ0) is 25.1. The molecule has 0 aliphatic rings. The summed E-state index contributed by atoms with van der Waals surface area (Å²) in [7, 11) is 0. The second kappa shape index (κ2) is 8.14. The summed E-state index contributed by atoms with van der Waals surface area (Å²) in [6.07, 6.45) is 1.85. The van der Waals surface area contributed by atoms with Crippen LogP contribution in [0, 0.1) is 20.8 Å². The lowest BCUT2D eigenvalue weighted by atomic mass is 10.0. The van der Waals surface area contributed by atoms with E-state index in [9.17, 15) is 0 Å². The Balaban J connectivity index is 1.60. The summed E-state index contributed by atoms with van der Waals surface area (Å²) in [5, 5.41) is 2.09. The molecule has 0 saturated carbocycles. The summed E-state index contributed by atoms with van der Waals surface area (Å²) in [5.41, 5.74) is 10.6. The molecule has 7 aromatic rings. The van der Waals surface area contributed by atoms with E-state index in [1.165, 1.54) is 0 Å². The maximum absolute atomic E-state index is 6.52. The van der Waals surface area contributed by atoms with E-state index >= 15 is 0 Å². The molecular formula is C32H24N4O. The Bertz CT molecular complexity index is 1960. The number of aromatic nitrogens is 4. The molecule has 0 N–H and O–H groups in total. The van der Waals surface area contributed by atoms with Gasteiger partial charge in [-0.1, -0.05) is 60.7 Å². The lowest BCUT2D eigenvalue weighted by molar-refractivity contribution is 0.668. The molecule has 7 rings (SSSR count). The number of furan rings is 1.